The average molecular weight is 441 g/mol. The number of carbonyl (C=O) groups excluding carboxylic acids is 1. The molecule has 1 aliphatic rings. The number of hydrogen-bond donors (Lipinski definition) is 1. The van der Waals surface area contributed by atoms with Crippen molar-refractivity contribution in [3.63, 3.8) is 0 Å². The van der Waals surface area contributed by atoms with Crippen molar-refractivity contribution < 1.29 is 9.53 Å². The average Bonchev–Trinajstić information content (AvgIpc) is 3.32. The van der Waals surface area contributed by atoms with Crippen LogP contribution >= 0.6 is 0 Å². The van der Waals surface area contributed by atoms with Gasteiger partial charge in [0.25, 0.3) is 5.91 Å². The van der Waals surface area contributed by atoms with Gasteiger partial charge >= 0.3 is 0 Å². The summed E-state index contributed by atoms with van der Waals surface area (Å²) in [6, 6.07) is 18.3. The molecule has 0 saturated heterocycles. The van der Waals surface area contributed by atoms with E-state index in [0.29, 0.717) is 23.7 Å². The SMILES string of the molecule is CNC(=O)c1cnn2c(C3CCCCC3)c(-c3ccc(OCc4ccccc4)cc3)cnc12. The number of amides is 1. The summed E-state index contributed by atoms with van der Waals surface area (Å²) in [6.45, 7) is 0.538. The molecule has 6 nitrogen and oxygen atoms in total. The minimum Gasteiger partial charge on any atom is -0.489 e. The number of aromatic nitrogens is 3. The summed E-state index contributed by atoms with van der Waals surface area (Å²) in [4.78, 5) is 17.0. The molecule has 33 heavy (non-hydrogen) atoms. The van der Waals surface area contributed by atoms with Gasteiger partial charge in [0.15, 0.2) is 5.65 Å². The summed E-state index contributed by atoms with van der Waals surface area (Å²) in [5.74, 6) is 1.06. The van der Waals surface area contributed by atoms with Crippen molar-refractivity contribution in [2.75, 3.05) is 7.05 Å². The molecule has 0 atom stereocenters. The van der Waals surface area contributed by atoms with Gasteiger partial charge in [-0.05, 0) is 36.1 Å². The molecule has 0 spiro atoms. The largest absolute Gasteiger partial charge is 0.489 e. The van der Waals surface area contributed by atoms with Gasteiger partial charge in [0.05, 0.1) is 11.9 Å². The molecular weight excluding hydrogens is 412 g/mol. The first kappa shape index (κ1) is 21.2. The molecule has 168 valence electrons. The highest BCUT2D eigenvalue weighted by Gasteiger charge is 2.25. The van der Waals surface area contributed by atoms with Crippen LogP contribution in [0, 0.1) is 0 Å². The maximum atomic E-state index is 12.3. The summed E-state index contributed by atoms with van der Waals surface area (Å²) >= 11 is 0. The van der Waals surface area contributed by atoms with E-state index in [1.165, 1.54) is 19.3 Å². The smallest absolute Gasteiger partial charge is 0.256 e. The van der Waals surface area contributed by atoms with Crippen molar-refractivity contribution >= 4 is 11.6 Å². The molecule has 5 rings (SSSR count). The monoisotopic (exact) mass is 440 g/mol. The van der Waals surface area contributed by atoms with Gasteiger partial charge in [0, 0.05) is 24.7 Å². The van der Waals surface area contributed by atoms with Gasteiger partial charge in [0.1, 0.15) is 17.9 Å². The summed E-state index contributed by atoms with van der Waals surface area (Å²) in [5, 5.41) is 7.29. The fourth-order valence-corrected chi connectivity index (χ4v) is 4.71. The Bertz CT molecular complexity index is 1240. The first-order chi connectivity index (χ1) is 16.2. The van der Waals surface area contributed by atoms with Crippen molar-refractivity contribution in [3.8, 4) is 16.9 Å². The van der Waals surface area contributed by atoms with Crippen LogP contribution in [0.15, 0.2) is 67.0 Å². The molecule has 2 heterocycles. The van der Waals surface area contributed by atoms with Gasteiger partial charge in [-0.25, -0.2) is 9.50 Å². The van der Waals surface area contributed by atoms with E-state index >= 15 is 0 Å². The van der Waals surface area contributed by atoms with Crippen LogP contribution in [0.2, 0.25) is 0 Å². The van der Waals surface area contributed by atoms with Crippen LogP contribution in [0.4, 0.5) is 0 Å². The van der Waals surface area contributed by atoms with Crippen molar-refractivity contribution in [2.45, 2.75) is 44.6 Å². The molecule has 1 amide bonds. The Morgan fingerprint density at radius 2 is 1.79 bits per heavy atom. The Hall–Kier alpha value is -3.67. The number of rotatable bonds is 6. The molecule has 1 fully saturated rings. The number of nitrogens with one attached hydrogen (secondary N) is 1. The van der Waals surface area contributed by atoms with Crippen LogP contribution in [0.5, 0.6) is 5.75 Å². The zero-order valence-corrected chi connectivity index (χ0v) is 18.8. The molecular formula is C27H28N4O2. The quantitative estimate of drug-likeness (QED) is 0.437. The van der Waals surface area contributed by atoms with E-state index < -0.39 is 0 Å². The van der Waals surface area contributed by atoms with Gasteiger partial charge in [0.2, 0.25) is 0 Å². The third-order valence-electron chi connectivity index (χ3n) is 6.44. The van der Waals surface area contributed by atoms with Crippen LogP contribution in [-0.4, -0.2) is 27.6 Å². The van der Waals surface area contributed by atoms with Crippen LogP contribution in [0.1, 0.15) is 59.6 Å². The molecule has 1 saturated carbocycles. The zero-order chi connectivity index (χ0) is 22.6. The van der Waals surface area contributed by atoms with Crippen molar-refractivity contribution in [2.24, 2.45) is 0 Å². The second-order valence-corrected chi connectivity index (χ2v) is 8.56. The summed E-state index contributed by atoms with van der Waals surface area (Å²) in [6.07, 6.45) is 9.47. The number of nitrogens with zero attached hydrogens (tertiary/aromatic N) is 3. The van der Waals surface area contributed by atoms with Crippen molar-refractivity contribution in [1.29, 1.82) is 0 Å². The van der Waals surface area contributed by atoms with Crippen molar-refractivity contribution in [1.82, 2.24) is 19.9 Å². The fourth-order valence-electron chi connectivity index (χ4n) is 4.71. The predicted molar refractivity (Wildman–Crippen MR) is 128 cm³/mol. The zero-order valence-electron chi connectivity index (χ0n) is 18.8. The van der Waals surface area contributed by atoms with Crippen molar-refractivity contribution in [3.05, 3.63) is 83.8 Å². The van der Waals surface area contributed by atoms with E-state index in [9.17, 15) is 4.79 Å². The predicted octanol–water partition coefficient (Wildman–Crippen LogP) is 5.38. The van der Waals surface area contributed by atoms with Gasteiger partial charge in [-0.1, -0.05) is 61.7 Å². The van der Waals surface area contributed by atoms with E-state index in [2.05, 4.69) is 39.7 Å². The van der Waals surface area contributed by atoms with Gasteiger partial charge < -0.3 is 10.1 Å². The maximum absolute atomic E-state index is 12.3. The highest BCUT2D eigenvalue weighted by atomic mass is 16.5. The number of fused-ring (bicyclic) bond motifs is 1. The normalized spacial score (nSPS) is 14.3. The summed E-state index contributed by atoms with van der Waals surface area (Å²) in [5.41, 5.74) is 5.55. The highest BCUT2D eigenvalue weighted by Crippen LogP contribution is 2.38. The van der Waals surface area contributed by atoms with Gasteiger partial charge in [-0.3, -0.25) is 4.79 Å². The summed E-state index contributed by atoms with van der Waals surface area (Å²) in [7, 11) is 1.63. The van der Waals surface area contributed by atoms with Crippen LogP contribution < -0.4 is 10.1 Å². The Labute approximate surface area is 193 Å². The lowest BCUT2D eigenvalue weighted by molar-refractivity contribution is 0.0964. The number of benzene rings is 2. The lowest BCUT2D eigenvalue weighted by Crippen LogP contribution is -2.18. The Morgan fingerprint density at radius 3 is 2.52 bits per heavy atom. The standard InChI is InChI=1S/C27H28N4O2/c1-28-27(32)24-17-30-31-25(21-10-6-3-7-11-21)23(16-29-26(24)31)20-12-14-22(15-13-20)33-18-19-8-4-2-5-9-19/h2,4-5,8-9,12-17,21H,3,6-7,10-11,18H2,1H3,(H,28,32). The number of hydrogen-bond acceptors (Lipinski definition) is 4. The minimum absolute atomic E-state index is 0.167. The van der Waals surface area contributed by atoms with Crippen LogP contribution in [-0.2, 0) is 6.61 Å². The second kappa shape index (κ2) is 9.45. The molecule has 1 aliphatic carbocycles. The molecule has 2 aromatic carbocycles. The summed E-state index contributed by atoms with van der Waals surface area (Å²) < 4.78 is 7.85. The lowest BCUT2D eigenvalue weighted by Gasteiger charge is -2.25. The first-order valence-corrected chi connectivity index (χ1v) is 11.6. The molecule has 6 heteroatoms. The van der Waals surface area contributed by atoms with Crippen LogP contribution in [0.3, 0.4) is 0 Å². The fraction of sp³-hybridized carbons (Fsp3) is 0.296. The Balaban J connectivity index is 1.49. The molecule has 0 unspecified atom stereocenters. The maximum Gasteiger partial charge on any atom is 0.256 e. The van der Waals surface area contributed by atoms with Crippen LogP contribution in [0.25, 0.3) is 16.8 Å². The van der Waals surface area contributed by atoms with E-state index in [1.807, 2.05) is 41.0 Å². The first-order valence-electron chi connectivity index (χ1n) is 11.6. The molecule has 0 radical (unpaired) electrons. The molecule has 4 aromatic rings. The van der Waals surface area contributed by atoms with E-state index in [1.54, 1.807) is 13.2 Å². The third-order valence-corrected chi connectivity index (χ3v) is 6.44. The molecule has 1 N–H and O–H groups in total. The number of carbonyl (C=O) groups is 1. The van der Waals surface area contributed by atoms with Gasteiger partial charge in [-0.2, -0.15) is 5.10 Å². The van der Waals surface area contributed by atoms with E-state index in [4.69, 9.17) is 4.74 Å². The molecule has 0 aliphatic heterocycles. The Kier molecular flexibility index (Phi) is 6.07. The van der Waals surface area contributed by atoms with E-state index in [-0.39, 0.29) is 5.91 Å². The topological polar surface area (TPSA) is 68.5 Å². The van der Waals surface area contributed by atoms with Gasteiger partial charge in [-0.15, -0.1) is 0 Å². The second-order valence-electron chi connectivity index (χ2n) is 8.56. The molecule has 0 bridgehead atoms. The minimum atomic E-state index is -0.167. The van der Waals surface area contributed by atoms with E-state index in [0.717, 1.165) is 41.0 Å². The lowest BCUT2D eigenvalue weighted by atomic mass is 9.84. The third kappa shape index (κ3) is 4.33. The highest BCUT2D eigenvalue weighted by molar-refractivity contribution is 5.99. The Morgan fingerprint density at radius 1 is 1.03 bits per heavy atom. The molecule has 2 aromatic heterocycles. The number of ether oxygens (including phenoxy) is 1.